The number of hydrogen-bond acceptors (Lipinski definition) is 5. The molecule has 24 heavy (non-hydrogen) atoms. The normalized spacial score (nSPS) is 21.3. The van der Waals surface area contributed by atoms with Gasteiger partial charge in [-0.05, 0) is 30.5 Å². The third-order valence-corrected chi connectivity index (χ3v) is 4.02. The fraction of sp³-hybridized carbons (Fsp3) is 0.267. The van der Waals surface area contributed by atoms with Crippen molar-refractivity contribution in [1.82, 2.24) is 0 Å². The first kappa shape index (κ1) is 18.2. The Bertz CT molecular complexity index is 733. The number of hydrogen-bond donors (Lipinski definition) is 6. The Morgan fingerprint density at radius 1 is 1.08 bits per heavy atom. The Morgan fingerprint density at radius 2 is 1.71 bits per heavy atom. The van der Waals surface area contributed by atoms with Crippen LogP contribution in [0.15, 0.2) is 52.7 Å². The highest BCUT2D eigenvalue weighted by Gasteiger charge is 2.32. The van der Waals surface area contributed by atoms with Gasteiger partial charge in [-0.3, -0.25) is 0 Å². The zero-order valence-corrected chi connectivity index (χ0v) is 13.4. The summed E-state index contributed by atoms with van der Waals surface area (Å²) in [5, 5.41) is 39.0. The van der Waals surface area contributed by atoms with E-state index < -0.39 is 31.3 Å². The predicted molar refractivity (Wildman–Crippen MR) is 86.8 cm³/mol. The van der Waals surface area contributed by atoms with E-state index in [0.29, 0.717) is 6.42 Å². The molecule has 9 heteroatoms. The molecule has 0 amide bonds. The summed E-state index contributed by atoms with van der Waals surface area (Å²) >= 11 is 0. The van der Waals surface area contributed by atoms with Crippen molar-refractivity contribution in [2.75, 3.05) is 0 Å². The number of aliphatic hydroxyl groups is 3. The van der Waals surface area contributed by atoms with Gasteiger partial charge in [0.1, 0.15) is 17.3 Å². The molecule has 8 nitrogen and oxygen atoms in total. The van der Waals surface area contributed by atoms with Gasteiger partial charge in [0.25, 0.3) is 0 Å². The SMILES string of the molecule is O=P(O)(O)/N=C1\C=C(O)C=C(O)C1C(O)CCc1ccc(O)cc1. The number of aromatic hydroxyl groups is 1. The van der Waals surface area contributed by atoms with Crippen LogP contribution in [0.1, 0.15) is 12.0 Å². The molecule has 0 saturated carbocycles. The van der Waals surface area contributed by atoms with Crippen LogP contribution >= 0.6 is 7.75 Å². The lowest BCUT2D eigenvalue weighted by molar-refractivity contribution is 0.122. The van der Waals surface area contributed by atoms with Gasteiger partial charge in [0.2, 0.25) is 0 Å². The molecule has 1 aliphatic carbocycles. The Hall–Kier alpha value is -2.12. The molecule has 1 aliphatic rings. The molecular formula is C15H18NO7P. The van der Waals surface area contributed by atoms with E-state index in [1.54, 1.807) is 12.1 Å². The van der Waals surface area contributed by atoms with Gasteiger partial charge in [-0.2, -0.15) is 4.76 Å². The third-order valence-electron chi connectivity index (χ3n) is 3.52. The standard InChI is InChI=1S/C15H18NO7P/c17-10-4-1-9(2-5-10)3-6-13(19)15-12(16-24(21,22)23)7-11(18)8-14(15)20/h1-2,4-5,7-8,13,15,17-20H,3,6H2,(H2,21,22,23)/b16-12+. The van der Waals surface area contributed by atoms with Gasteiger partial charge in [0.05, 0.1) is 17.7 Å². The fourth-order valence-electron chi connectivity index (χ4n) is 2.46. The Labute approximate surface area is 138 Å². The molecule has 1 aromatic rings. The maximum absolute atomic E-state index is 11.1. The van der Waals surface area contributed by atoms with Crippen molar-refractivity contribution in [3.8, 4) is 5.75 Å². The zero-order valence-electron chi connectivity index (χ0n) is 12.5. The van der Waals surface area contributed by atoms with E-state index in [0.717, 1.165) is 17.7 Å². The second kappa shape index (κ2) is 7.19. The molecule has 2 rings (SSSR count). The Kier molecular flexibility index (Phi) is 5.46. The number of benzene rings is 1. The Balaban J connectivity index is 2.17. The molecule has 0 saturated heterocycles. The average Bonchev–Trinajstić information content (AvgIpc) is 2.44. The minimum atomic E-state index is -4.79. The van der Waals surface area contributed by atoms with Gasteiger partial charge in [0, 0.05) is 12.2 Å². The number of rotatable bonds is 5. The lowest BCUT2D eigenvalue weighted by Gasteiger charge is -2.25. The summed E-state index contributed by atoms with van der Waals surface area (Å²) in [6, 6.07) is 6.35. The monoisotopic (exact) mass is 355 g/mol. The molecule has 0 radical (unpaired) electrons. The lowest BCUT2D eigenvalue weighted by atomic mass is 9.87. The van der Waals surface area contributed by atoms with Crippen molar-refractivity contribution in [3.63, 3.8) is 0 Å². The maximum Gasteiger partial charge on any atom is 0.448 e. The summed E-state index contributed by atoms with van der Waals surface area (Å²) in [5.41, 5.74) is 0.539. The van der Waals surface area contributed by atoms with Gasteiger partial charge in [0.15, 0.2) is 0 Å². The van der Waals surface area contributed by atoms with Crippen LogP contribution in [-0.2, 0) is 11.0 Å². The number of nitrogens with zero attached hydrogens (tertiary/aromatic N) is 1. The van der Waals surface area contributed by atoms with Crippen molar-refractivity contribution in [1.29, 1.82) is 0 Å². The van der Waals surface area contributed by atoms with Crippen molar-refractivity contribution < 1.29 is 34.8 Å². The second-order valence-corrected chi connectivity index (χ2v) is 6.65. The van der Waals surface area contributed by atoms with E-state index in [2.05, 4.69) is 4.76 Å². The molecule has 0 aliphatic heterocycles. The van der Waals surface area contributed by atoms with Gasteiger partial charge in [-0.25, -0.2) is 4.57 Å². The molecule has 2 unspecified atom stereocenters. The van der Waals surface area contributed by atoms with Crippen LogP contribution in [0.2, 0.25) is 0 Å². The van der Waals surface area contributed by atoms with E-state index in [4.69, 9.17) is 9.79 Å². The number of aryl methyl sites for hydroxylation is 1. The summed E-state index contributed by atoms with van der Waals surface area (Å²) in [6.07, 6.45) is 1.39. The van der Waals surface area contributed by atoms with Crippen LogP contribution < -0.4 is 0 Å². The van der Waals surface area contributed by atoms with E-state index in [1.165, 1.54) is 12.1 Å². The highest BCUT2D eigenvalue weighted by molar-refractivity contribution is 7.50. The van der Waals surface area contributed by atoms with Crippen LogP contribution in [0.5, 0.6) is 5.75 Å². The van der Waals surface area contributed by atoms with Crippen LogP contribution in [0.3, 0.4) is 0 Å². The molecule has 0 bridgehead atoms. The lowest BCUT2D eigenvalue weighted by Crippen LogP contribution is -2.31. The van der Waals surface area contributed by atoms with E-state index in [-0.39, 0.29) is 17.9 Å². The van der Waals surface area contributed by atoms with E-state index in [9.17, 15) is 25.0 Å². The van der Waals surface area contributed by atoms with Gasteiger partial charge in [-0.15, -0.1) is 0 Å². The third kappa shape index (κ3) is 4.94. The summed E-state index contributed by atoms with van der Waals surface area (Å²) in [7, 11) is -4.79. The highest BCUT2D eigenvalue weighted by atomic mass is 31.2. The van der Waals surface area contributed by atoms with Crippen molar-refractivity contribution in [3.05, 3.63) is 53.5 Å². The first-order valence-electron chi connectivity index (χ1n) is 7.08. The minimum Gasteiger partial charge on any atom is -0.511 e. The van der Waals surface area contributed by atoms with Crippen molar-refractivity contribution >= 4 is 13.5 Å². The average molecular weight is 355 g/mol. The second-order valence-electron chi connectivity index (χ2n) is 5.43. The molecule has 130 valence electrons. The minimum absolute atomic E-state index is 0.115. The number of phenolic OH excluding ortho intramolecular Hbond substituents is 1. The zero-order chi connectivity index (χ0) is 17.9. The summed E-state index contributed by atoms with van der Waals surface area (Å²) < 4.78 is 14.3. The summed E-state index contributed by atoms with van der Waals surface area (Å²) in [5.74, 6) is -1.88. The molecule has 2 atom stereocenters. The molecule has 0 aromatic heterocycles. The quantitative estimate of drug-likeness (QED) is 0.440. The van der Waals surface area contributed by atoms with Crippen LogP contribution in [0.25, 0.3) is 0 Å². The highest BCUT2D eigenvalue weighted by Crippen LogP contribution is 2.39. The number of allylic oxidation sites excluding steroid dienone is 2. The van der Waals surface area contributed by atoms with Crippen molar-refractivity contribution in [2.24, 2.45) is 10.7 Å². The maximum atomic E-state index is 11.1. The van der Waals surface area contributed by atoms with Crippen LogP contribution in [-0.4, -0.2) is 42.0 Å². The summed E-state index contributed by atoms with van der Waals surface area (Å²) in [4.78, 5) is 18.0. The smallest absolute Gasteiger partial charge is 0.448 e. The number of aliphatic hydroxyl groups excluding tert-OH is 3. The number of phenols is 1. The van der Waals surface area contributed by atoms with Crippen LogP contribution in [0.4, 0.5) is 0 Å². The van der Waals surface area contributed by atoms with Gasteiger partial charge < -0.3 is 30.2 Å². The van der Waals surface area contributed by atoms with E-state index in [1.807, 2.05) is 0 Å². The first-order chi connectivity index (χ1) is 11.2. The molecule has 0 heterocycles. The first-order valence-corrected chi connectivity index (χ1v) is 8.65. The largest absolute Gasteiger partial charge is 0.511 e. The van der Waals surface area contributed by atoms with Gasteiger partial charge >= 0.3 is 7.75 Å². The topological polar surface area (TPSA) is 151 Å². The molecule has 0 spiro atoms. The molecular weight excluding hydrogens is 337 g/mol. The van der Waals surface area contributed by atoms with E-state index >= 15 is 0 Å². The molecule has 1 aromatic carbocycles. The molecule has 6 N–H and O–H groups in total. The fourth-order valence-corrected chi connectivity index (χ4v) is 2.94. The predicted octanol–water partition coefficient (Wildman–Crippen LogP) is 1.73. The molecule has 0 fully saturated rings. The van der Waals surface area contributed by atoms with Crippen molar-refractivity contribution in [2.45, 2.75) is 18.9 Å². The van der Waals surface area contributed by atoms with Crippen LogP contribution in [0, 0.1) is 5.92 Å². The van der Waals surface area contributed by atoms with Gasteiger partial charge in [-0.1, -0.05) is 12.1 Å². The Morgan fingerprint density at radius 3 is 2.29 bits per heavy atom. The summed E-state index contributed by atoms with van der Waals surface area (Å²) in [6.45, 7) is 0.